The Morgan fingerprint density at radius 1 is 0.929 bits per heavy atom. The average molecular weight is 196 g/mol. The van der Waals surface area contributed by atoms with Crippen molar-refractivity contribution in [1.29, 1.82) is 0 Å². The van der Waals surface area contributed by atoms with E-state index in [0.717, 1.165) is 0 Å². The molecule has 3 aliphatic rings. The van der Waals surface area contributed by atoms with Crippen LogP contribution in [0.4, 0.5) is 0 Å². The molecule has 3 rings (SSSR count). The van der Waals surface area contributed by atoms with Crippen LogP contribution >= 0.6 is 0 Å². The maximum Gasteiger partial charge on any atom is 0.0487 e. The average Bonchev–Trinajstić information content (AvgIpc) is 2.19. The molecule has 2 bridgehead atoms. The van der Waals surface area contributed by atoms with Crippen LogP contribution in [0.25, 0.3) is 0 Å². The largest absolute Gasteiger partial charge is 0.396 e. The lowest BCUT2D eigenvalue weighted by molar-refractivity contribution is -0.0948. The molecule has 0 heterocycles. The molecule has 0 radical (unpaired) electrons. The molecule has 1 heteroatoms. The standard InChI is InChI=1S/C13H24O/c1-11(2,3)13-7-4-12(10-14,5-8-13)6-9-13/h14H,4-10H2,1-3H3. The molecule has 82 valence electrons. The molecular formula is C13H24O. The van der Waals surface area contributed by atoms with Crippen molar-refractivity contribution in [2.24, 2.45) is 16.2 Å². The molecule has 0 amide bonds. The lowest BCUT2D eigenvalue weighted by atomic mass is 9.47. The van der Waals surface area contributed by atoms with E-state index in [1.807, 2.05) is 0 Å². The maximum atomic E-state index is 9.45. The molecule has 14 heavy (non-hydrogen) atoms. The van der Waals surface area contributed by atoms with Crippen molar-refractivity contribution >= 4 is 0 Å². The van der Waals surface area contributed by atoms with E-state index in [9.17, 15) is 5.11 Å². The van der Waals surface area contributed by atoms with Gasteiger partial charge in [-0.1, -0.05) is 20.8 Å². The van der Waals surface area contributed by atoms with Crippen LogP contribution in [0.3, 0.4) is 0 Å². The van der Waals surface area contributed by atoms with E-state index in [4.69, 9.17) is 0 Å². The normalized spacial score (nSPS) is 42.9. The van der Waals surface area contributed by atoms with Crippen LogP contribution in [-0.2, 0) is 0 Å². The van der Waals surface area contributed by atoms with Gasteiger partial charge in [0.05, 0.1) is 0 Å². The molecule has 0 unspecified atom stereocenters. The van der Waals surface area contributed by atoms with Gasteiger partial charge < -0.3 is 5.11 Å². The summed E-state index contributed by atoms with van der Waals surface area (Å²) in [5, 5.41) is 9.45. The van der Waals surface area contributed by atoms with Crippen LogP contribution < -0.4 is 0 Å². The van der Waals surface area contributed by atoms with E-state index in [0.29, 0.717) is 22.9 Å². The lowest BCUT2D eigenvalue weighted by Gasteiger charge is -2.58. The Balaban J connectivity index is 2.17. The molecule has 0 aromatic heterocycles. The molecule has 3 saturated carbocycles. The van der Waals surface area contributed by atoms with Gasteiger partial charge in [-0.25, -0.2) is 0 Å². The summed E-state index contributed by atoms with van der Waals surface area (Å²) >= 11 is 0. The second-order valence-corrected chi connectivity index (χ2v) is 6.69. The van der Waals surface area contributed by atoms with Crippen molar-refractivity contribution in [2.75, 3.05) is 6.61 Å². The van der Waals surface area contributed by atoms with Crippen LogP contribution in [-0.4, -0.2) is 11.7 Å². The predicted octanol–water partition coefficient (Wildman–Crippen LogP) is 3.37. The number of aliphatic hydroxyl groups is 1. The van der Waals surface area contributed by atoms with Crippen LogP contribution in [0.15, 0.2) is 0 Å². The molecule has 0 aliphatic heterocycles. The Hall–Kier alpha value is -0.0400. The minimum absolute atomic E-state index is 0.326. The first kappa shape index (κ1) is 10.5. The van der Waals surface area contributed by atoms with Crippen molar-refractivity contribution in [3.05, 3.63) is 0 Å². The molecular weight excluding hydrogens is 172 g/mol. The minimum atomic E-state index is 0.326. The van der Waals surface area contributed by atoms with Crippen molar-refractivity contribution in [1.82, 2.24) is 0 Å². The summed E-state index contributed by atoms with van der Waals surface area (Å²) in [6, 6.07) is 0. The van der Waals surface area contributed by atoms with Crippen molar-refractivity contribution in [3.63, 3.8) is 0 Å². The number of fused-ring (bicyclic) bond motifs is 3. The first-order valence-electron chi connectivity index (χ1n) is 6.04. The fraction of sp³-hybridized carbons (Fsp3) is 1.00. The van der Waals surface area contributed by atoms with E-state index < -0.39 is 0 Å². The zero-order valence-corrected chi connectivity index (χ0v) is 9.90. The summed E-state index contributed by atoms with van der Waals surface area (Å²) in [5.41, 5.74) is 1.37. The minimum Gasteiger partial charge on any atom is -0.396 e. The first-order valence-corrected chi connectivity index (χ1v) is 6.04. The Kier molecular flexibility index (Phi) is 2.23. The van der Waals surface area contributed by atoms with Gasteiger partial charge in [-0.2, -0.15) is 0 Å². The highest BCUT2D eigenvalue weighted by Crippen LogP contribution is 2.62. The van der Waals surface area contributed by atoms with E-state index in [2.05, 4.69) is 20.8 Å². The molecule has 1 nitrogen and oxygen atoms in total. The SMILES string of the molecule is CC(C)(C)C12CCC(CO)(CC1)CC2. The van der Waals surface area contributed by atoms with Crippen molar-refractivity contribution in [2.45, 2.75) is 59.3 Å². The molecule has 0 aromatic carbocycles. The third-order valence-corrected chi connectivity index (χ3v) is 5.33. The Morgan fingerprint density at radius 3 is 1.64 bits per heavy atom. The van der Waals surface area contributed by atoms with Gasteiger partial charge in [0.15, 0.2) is 0 Å². The smallest absolute Gasteiger partial charge is 0.0487 e. The van der Waals surface area contributed by atoms with E-state index in [1.165, 1.54) is 38.5 Å². The van der Waals surface area contributed by atoms with Gasteiger partial charge in [0.1, 0.15) is 0 Å². The van der Waals surface area contributed by atoms with Crippen molar-refractivity contribution < 1.29 is 5.11 Å². The Morgan fingerprint density at radius 2 is 1.36 bits per heavy atom. The molecule has 3 fully saturated rings. The summed E-state index contributed by atoms with van der Waals surface area (Å²) in [7, 11) is 0. The molecule has 0 saturated heterocycles. The van der Waals surface area contributed by atoms with E-state index in [-0.39, 0.29) is 0 Å². The number of aliphatic hydroxyl groups excluding tert-OH is 1. The molecule has 0 spiro atoms. The summed E-state index contributed by atoms with van der Waals surface area (Å²) in [4.78, 5) is 0. The highest BCUT2D eigenvalue weighted by atomic mass is 16.3. The zero-order chi connectivity index (χ0) is 10.4. The maximum absolute atomic E-state index is 9.45. The Labute approximate surface area is 87.9 Å². The molecule has 1 N–H and O–H groups in total. The van der Waals surface area contributed by atoms with Gasteiger partial charge in [-0.15, -0.1) is 0 Å². The van der Waals surface area contributed by atoms with Gasteiger partial charge in [-0.05, 0) is 54.8 Å². The van der Waals surface area contributed by atoms with Gasteiger partial charge >= 0.3 is 0 Å². The molecule has 0 atom stereocenters. The second kappa shape index (κ2) is 2.98. The van der Waals surface area contributed by atoms with Crippen LogP contribution in [0, 0.1) is 16.2 Å². The molecule has 0 aromatic rings. The van der Waals surface area contributed by atoms with Crippen LogP contribution in [0.2, 0.25) is 0 Å². The topological polar surface area (TPSA) is 20.2 Å². The monoisotopic (exact) mass is 196 g/mol. The number of hydrogen-bond donors (Lipinski definition) is 1. The van der Waals surface area contributed by atoms with Crippen LogP contribution in [0.1, 0.15) is 59.3 Å². The zero-order valence-electron chi connectivity index (χ0n) is 9.90. The fourth-order valence-electron chi connectivity index (χ4n) is 3.63. The number of rotatable bonds is 1. The summed E-state index contributed by atoms with van der Waals surface area (Å²) in [6.45, 7) is 7.60. The first-order chi connectivity index (χ1) is 6.43. The van der Waals surface area contributed by atoms with Gasteiger partial charge in [-0.3, -0.25) is 0 Å². The summed E-state index contributed by atoms with van der Waals surface area (Å²) in [5.74, 6) is 0. The third-order valence-electron chi connectivity index (χ3n) is 5.33. The second-order valence-electron chi connectivity index (χ2n) is 6.69. The number of hydrogen-bond acceptors (Lipinski definition) is 1. The lowest BCUT2D eigenvalue weighted by Crippen LogP contribution is -2.49. The summed E-state index contributed by atoms with van der Waals surface area (Å²) < 4.78 is 0. The third kappa shape index (κ3) is 1.32. The van der Waals surface area contributed by atoms with Gasteiger partial charge in [0, 0.05) is 6.61 Å². The highest BCUT2D eigenvalue weighted by molar-refractivity contribution is 5.03. The Bertz CT molecular complexity index is 199. The highest BCUT2D eigenvalue weighted by Gasteiger charge is 2.52. The van der Waals surface area contributed by atoms with E-state index in [1.54, 1.807) is 0 Å². The van der Waals surface area contributed by atoms with Gasteiger partial charge in [0.25, 0.3) is 0 Å². The van der Waals surface area contributed by atoms with Gasteiger partial charge in [0.2, 0.25) is 0 Å². The van der Waals surface area contributed by atoms with E-state index >= 15 is 0 Å². The summed E-state index contributed by atoms with van der Waals surface area (Å²) in [6.07, 6.45) is 7.83. The quantitative estimate of drug-likeness (QED) is 0.681. The van der Waals surface area contributed by atoms with Crippen molar-refractivity contribution in [3.8, 4) is 0 Å². The fourth-order valence-corrected chi connectivity index (χ4v) is 3.63. The predicted molar refractivity (Wildman–Crippen MR) is 59.1 cm³/mol. The molecule has 3 aliphatic carbocycles. The van der Waals surface area contributed by atoms with Crippen LogP contribution in [0.5, 0.6) is 0 Å².